The van der Waals surface area contributed by atoms with Crippen molar-refractivity contribution < 1.29 is 34.0 Å². The van der Waals surface area contributed by atoms with Gasteiger partial charge in [0.05, 0.1) is 11.1 Å². The molecule has 0 amide bonds. The van der Waals surface area contributed by atoms with E-state index in [2.05, 4.69) is 0 Å². The average molecular weight is 276 g/mol. The number of fused-ring (bicyclic) bond motifs is 6. The Bertz CT molecular complexity index is 646. The Labute approximate surface area is 112 Å². The fraction of sp³-hybridized carbons (Fsp3) is 0.231. The standard InChI is InChI=1S/C13H8O7/c14-12(15)8-9(13(16)17)11-5-2-7-6(18-3-19-7)1-4(5)10(8)20-11/h1-2,10-11H,3H2,(H,14,15)(H,16,17). The van der Waals surface area contributed by atoms with Gasteiger partial charge in [-0.3, -0.25) is 0 Å². The maximum Gasteiger partial charge on any atom is 0.335 e. The molecular weight excluding hydrogens is 268 g/mol. The summed E-state index contributed by atoms with van der Waals surface area (Å²) in [6.45, 7) is 0.0966. The first kappa shape index (κ1) is 11.3. The molecule has 3 aliphatic heterocycles. The van der Waals surface area contributed by atoms with Gasteiger partial charge in [-0.15, -0.1) is 0 Å². The number of benzene rings is 1. The first-order valence-corrected chi connectivity index (χ1v) is 5.87. The van der Waals surface area contributed by atoms with Crippen LogP contribution in [0.2, 0.25) is 0 Å². The molecule has 0 aromatic heterocycles. The van der Waals surface area contributed by atoms with Crippen LogP contribution in [0.1, 0.15) is 23.3 Å². The van der Waals surface area contributed by atoms with Gasteiger partial charge in [0.1, 0.15) is 12.2 Å². The van der Waals surface area contributed by atoms with E-state index in [0.717, 1.165) is 0 Å². The number of carboxylic acid groups (broad SMARTS) is 2. The number of rotatable bonds is 2. The zero-order valence-corrected chi connectivity index (χ0v) is 9.95. The molecule has 7 heteroatoms. The van der Waals surface area contributed by atoms with E-state index in [-0.39, 0.29) is 17.9 Å². The molecule has 0 fully saturated rings. The minimum absolute atomic E-state index is 0.0966. The highest BCUT2D eigenvalue weighted by atomic mass is 16.7. The first-order valence-electron chi connectivity index (χ1n) is 5.87. The molecule has 20 heavy (non-hydrogen) atoms. The van der Waals surface area contributed by atoms with Crippen molar-refractivity contribution in [3.05, 3.63) is 34.4 Å². The quantitative estimate of drug-likeness (QED) is 0.830. The molecule has 3 aliphatic rings. The topological polar surface area (TPSA) is 102 Å². The molecule has 0 radical (unpaired) electrons. The summed E-state index contributed by atoms with van der Waals surface area (Å²) in [6.07, 6.45) is -1.74. The summed E-state index contributed by atoms with van der Waals surface area (Å²) >= 11 is 0. The molecule has 2 atom stereocenters. The number of carbonyl (C=O) groups is 2. The molecule has 2 unspecified atom stereocenters. The van der Waals surface area contributed by atoms with E-state index in [1.807, 2.05) is 0 Å². The third-order valence-corrected chi connectivity index (χ3v) is 3.69. The fourth-order valence-electron chi connectivity index (χ4n) is 2.89. The predicted molar refractivity (Wildman–Crippen MR) is 61.4 cm³/mol. The summed E-state index contributed by atoms with van der Waals surface area (Å²) in [5.74, 6) is -1.53. The number of hydrogen-bond acceptors (Lipinski definition) is 5. The van der Waals surface area contributed by atoms with Gasteiger partial charge in [0.15, 0.2) is 11.5 Å². The smallest absolute Gasteiger partial charge is 0.335 e. The third kappa shape index (κ3) is 1.22. The highest BCUT2D eigenvalue weighted by molar-refractivity contribution is 6.02. The maximum atomic E-state index is 11.3. The average Bonchev–Trinajstić information content (AvgIpc) is 3.07. The SMILES string of the molecule is O=C(O)C1=C(C(=O)O)C2OC1c1cc3c(cc12)OCO3. The van der Waals surface area contributed by atoms with Crippen molar-refractivity contribution in [1.29, 1.82) is 0 Å². The van der Waals surface area contributed by atoms with Crippen molar-refractivity contribution in [1.82, 2.24) is 0 Å². The van der Waals surface area contributed by atoms with Crippen LogP contribution >= 0.6 is 0 Å². The molecule has 3 heterocycles. The molecule has 1 aromatic carbocycles. The van der Waals surface area contributed by atoms with Gasteiger partial charge in [-0.25, -0.2) is 9.59 Å². The molecule has 2 N–H and O–H groups in total. The van der Waals surface area contributed by atoms with Crippen molar-refractivity contribution in [3.8, 4) is 11.5 Å². The lowest BCUT2D eigenvalue weighted by molar-refractivity contribution is -0.136. The minimum atomic E-state index is -1.28. The molecule has 0 spiro atoms. The summed E-state index contributed by atoms with van der Waals surface area (Å²) in [4.78, 5) is 22.6. The monoisotopic (exact) mass is 276 g/mol. The Morgan fingerprint density at radius 1 is 0.950 bits per heavy atom. The summed E-state index contributed by atoms with van der Waals surface area (Å²) in [5, 5.41) is 18.4. The van der Waals surface area contributed by atoms with Crippen molar-refractivity contribution >= 4 is 11.9 Å². The van der Waals surface area contributed by atoms with Crippen LogP contribution in [-0.4, -0.2) is 28.9 Å². The molecule has 0 saturated heterocycles. The summed E-state index contributed by atoms with van der Waals surface area (Å²) in [5.41, 5.74) is 0.825. The molecule has 4 rings (SSSR count). The highest BCUT2D eigenvalue weighted by Crippen LogP contribution is 2.56. The van der Waals surface area contributed by atoms with Crippen LogP contribution in [0, 0.1) is 0 Å². The van der Waals surface area contributed by atoms with Crippen LogP contribution in [0.5, 0.6) is 11.5 Å². The van der Waals surface area contributed by atoms with Gasteiger partial charge in [0.25, 0.3) is 0 Å². The third-order valence-electron chi connectivity index (χ3n) is 3.69. The number of hydrogen-bond donors (Lipinski definition) is 2. The minimum Gasteiger partial charge on any atom is -0.478 e. The lowest BCUT2D eigenvalue weighted by atomic mass is 9.85. The van der Waals surface area contributed by atoms with E-state index >= 15 is 0 Å². The van der Waals surface area contributed by atoms with Crippen molar-refractivity contribution in [2.45, 2.75) is 12.2 Å². The van der Waals surface area contributed by atoms with E-state index < -0.39 is 24.1 Å². The van der Waals surface area contributed by atoms with E-state index in [0.29, 0.717) is 22.6 Å². The van der Waals surface area contributed by atoms with Crippen LogP contribution in [0.3, 0.4) is 0 Å². The summed E-state index contributed by atoms with van der Waals surface area (Å²) in [6, 6.07) is 3.31. The largest absolute Gasteiger partial charge is 0.478 e. The van der Waals surface area contributed by atoms with Gasteiger partial charge in [0.2, 0.25) is 6.79 Å². The first-order chi connectivity index (χ1) is 9.58. The highest BCUT2D eigenvalue weighted by Gasteiger charge is 2.50. The van der Waals surface area contributed by atoms with E-state index in [1.165, 1.54) is 0 Å². The maximum absolute atomic E-state index is 11.3. The lowest BCUT2D eigenvalue weighted by Gasteiger charge is -2.15. The van der Waals surface area contributed by atoms with Gasteiger partial charge in [-0.05, 0) is 23.3 Å². The van der Waals surface area contributed by atoms with Gasteiger partial charge in [-0.2, -0.15) is 0 Å². The molecule has 102 valence electrons. The van der Waals surface area contributed by atoms with Gasteiger partial charge in [0, 0.05) is 0 Å². The predicted octanol–water partition coefficient (Wildman–Crippen LogP) is 1.01. The molecule has 1 aromatic rings. The Balaban J connectivity index is 1.92. The Morgan fingerprint density at radius 3 is 1.80 bits per heavy atom. The summed E-state index contributed by atoms with van der Waals surface area (Å²) < 4.78 is 16.0. The summed E-state index contributed by atoms with van der Waals surface area (Å²) in [7, 11) is 0. The van der Waals surface area contributed by atoms with E-state index in [4.69, 9.17) is 14.2 Å². The Morgan fingerprint density at radius 2 is 1.40 bits per heavy atom. The van der Waals surface area contributed by atoms with Crippen LogP contribution in [0.15, 0.2) is 23.3 Å². The molecule has 0 saturated carbocycles. The van der Waals surface area contributed by atoms with Gasteiger partial charge < -0.3 is 24.4 Å². The molecular formula is C13H8O7. The van der Waals surface area contributed by atoms with E-state index in [1.54, 1.807) is 12.1 Å². The second-order valence-corrected chi connectivity index (χ2v) is 4.67. The van der Waals surface area contributed by atoms with Crippen molar-refractivity contribution in [2.24, 2.45) is 0 Å². The van der Waals surface area contributed by atoms with Gasteiger partial charge in [-0.1, -0.05) is 0 Å². The molecule has 0 aliphatic carbocycles. The van der Waals surface area contributed by atoms with Crippen LogP contribution in [0.4, 0.5) is 0 Å². The second-order valence-electron chi connectivity index (χ2n) is 4.67. The zero-order chi connectivity index (χ0) is 14.0. The zero-order valence-electron chi connectivity index (χ0n) is 9.95. The van der Waals surface area contributed by atoms with Crippen LogP contribution in [0.25, 0.3) is 0 Å². The van der Waals surface area contributed by atoms with Crippen LogP contribution < -0.4 is 9.47 Å². The Kier molecular flexibility index (Phi) is 1.99. The number of carboxylic acids is 2. The Hall–Kier alpha value is -2.54. The van der Waals surface area contributed by atoms with E-state index in [9.17, 15) is 19.8 Å². The second kappa shape index (κ2) is 3.51. The van der Waals surface area contributed by atoms with Gasteiger partial charge >= 0.3 is 11.9 Å². The molecule has 2 bridgehead atoms. The van der Waals surface area contributed by atoms with Crippen LogP contribution in [-0.2, 0) is 14.3 Å². The molecule has 7 nitrogen and oxygen atoms in total. The van der Waals surface area contributed by atoms with Crippen molar-refractivity contribution in [2.75, 3.05) is 6.79 Å². The number of ether oxygens (including phenoxy) is 3. The fourth-order valence-corrected chi connectivity index (χ4v) is 2.89. The van der Waals surface area contributed by atoms with Crippen molar-refractivity contribution in [3.63, 3.8) is 0 Å². The number of aliphatic carboxylic acids is 2. The normalized spacial score (nSPS) is 25.0. The lowest BCUT2D eigenvalue weighted by Crippen LogP contribution is -2.17.